The molecule has 2 atom stereocenters. The van der Waals surface area contributed by atoms with Gasteiger partial charge in [-0.2, -0.15) is 5.10 Å². The lowest BCUT2D eigenvalue weighted by molar-refractivity contribution is 0.181. The summed E-state index contributed by atoms with van der Waals surface area (Å²) in [5.74, 6) is 0. The highest BCUT2D eigenvalue weighted by Gasteiger charge is 2.15. The number of aromatic amines is 1. The summed E-state index contributed by atoms with van der Waals surface area (Å²) in [5, 5.41) is 11.2. The van der Waals surface area contributed by atoms with E-state index >= 15 is 0 Å². The number of nitrogens with one attached hydrogen (secondary N) is 2. The number of aromatic nitrogens is 2. The van der Waals surface area contributed by atoms with Gasteiger partial charge in [-0.15, -0.1) is 0 Å². The van der Waals surface area contributed by atoms with Gasteiger partial charge in [0.1, 0.15) is 0 Å². The third-order valence-corrected chi connectivity index (χ3v) is 3.61. The molecule has 2 rings (SSSR count). The molecule has 0 saturated carbocycles. The Morgan fingerprint density at radius 1 is 1.30 bits per heavy atom. The number of methoxy groups -OCH3 is 1. The molecular weight excluding hydrogens is 274 g/mol. The maximum Gasteiger partial charge on any atom is 0.0534 e. The minimum Gasteiger partial charge on any atom is -0.385 e. The van der Waals surface area contributed by atoms with E-state index in [1.807, 2.05) is 24.5 Å². The van der Waals surface area contributed by atoms with Crippen molar-refractivity contribution in [2.45, 2.75) is 25.4 Å². The zero-order chi connectivity index (χ0) is 14.4. The zero-order valence-electron chi connectivity index (χ0n) is 11.8. The van der Waals surface area contributed by atoms with Crippen molar-refractivity contribution < 1.29 is 4.74 Å². The van der Waals surface area contributed by atoms with E-state index < -0.39 is 0 Å². The van der Waals surface area contributed by atoms with E-state index in [2.05, 4.69) is 34.6 Å². The molecule has 2 unspecified atom stereocenters. The SMILES string of the molecule is COCCC(NC(C)c1cn[nH]c1)c1ccc(Cl)cc1. The van der Waals surface area contributed by atoms with Crippen LogP contribution < -0.4 is 5.32 Å². The van der Waals surface area contributed by atoms with E-state index in [-0.39, 0.29) is 12.1 Å². The summed E-state index contributed by atoms with van der Waals surface area (Å²) in [7, 11) is 1.72. The molecule has 0 aliphatic rings. The van der Waals surface area contributed by atoms with Crippen molar-refractivity contribution in [1.82, 2.24) is 15.5 Å². The minimum absolute atomic E-state index is 0.214. The van der Waals surface area contributed by atoms with Crippen molar-refractivity contribution in [3.8, 4) is 0 Å². The first-order chi connectivity index (χ1) is 9.70. The highest BCUT2D eigenvalue weighted by molar-refractivity contribution is 6.30. The Hall–Kier alpha value is -1.36. The van der Waals surface area contributed by atoms with Crippen molar-refractivity contribution in [2.24, 2.45) is 0 Å². The number of rotatable bonds is 7. The highest BCUT2D eigenvalue weighted by Crippen LogP contribution is 2.23. The van der Waals surface area contributed by atoms with Crippen LogP contribution in [0, 0.1) is 0 Å². The summed E-state index contributed by atoms with van der Waals surface area (Å²) < 4.78 is 5.21. The van der Waals surface area contributed by atoms with E-state index in [0.717, 1.165) is 17.0 Å². The van der Waals surface area contributed by atoms with E-state index in [1.54, 1.807) is 7.11 Å². The highest BCUT2D eigenvalue weighted by atomic mass is 35.5. The van der Waals surface area contributed by atoms with Gasteiger partial charge in [-0.05, 0) is 31.0 Å². The topological polar surface area (TPSA) is 49.9 Å². The van der Waals surface area contributed by atoms with Gasteiger partial charge in [0.25, 0.3) is 0 Å². The van der Waals surface area contributed by atoms with Gasteiger partial charge < -0.3 is 10.1 Å². The molecule has 5 heteroatoms. The second kappa shape index (κ2) is 7.43. The molecule has 20 heavy (non-hydrogen) atoms. The monoisotopic (exact) mass is 293 g/mol. The molecule has 0 bridgehead atoms. The van der Waals surface area contributed by atoms with Gasteiger partial charge in [0, 0.05) is 42.6 Å². The van der Waals surface area contributed by atoms with Crippen LogP contribution in [0.2, 0.25) is 5.02 Å². The number of benzene rings is 1. The van der Waals surface area contributed by atoms with Crippen molar-refractivity contribution >= 4 is 11.6 Å². The lowest BCUT2D eigenvalue weighted by Crippen LogP contribution is -2.25. The number of hydrogen-bond acceptors (Lipinski definition) is 3. The third-order valence-electron chi connectivity index (χ3n) is 3.35. The van der Waals surface area contributed by atoms with E-state index in [1.165, 1.54) is 5.56 Å². The van der Waals surface area contributed by atoms with Crippen LogP contribution >= 0.6 is 11.6 Å². The quantitative estimate of drug-likeness (QED) is 0.821. The molecule has 2 aromatic rings. The number of nitrogens with zero attached hydrogens (tertiary/aromatic N) is 1. The molecule has 0 aliphatic heterocycles. The molecule has 1 aromatic carbocycles. The molecule has 4 nitrogen and oxygen atoms in total. The van der Waals surface area contributed by atoms with E-state index in [9.17, 15) is 0 Å². The lowest BCUT2D eigenvalue weighted by Gasteiger charge is -2.23. The largest absolute Gasteiger partial charge is 0.385 e. The molecule has 1 aromatic heterocycles. The molecule has 0 fully saturated rings. The van der Waals surface area contributed by atoms with Crippen LogP contribution in [0.15, 0.2) is 36.7 Å². The Balaban J connectivity index is 2.08. The Kier molecular flexibility index (Phi) is 5.59. The fraction of sp³-hybridized carbons (Fsp3) is 0.400. The summed E-state index contributed by atoms with van der Waals surface area (Å²) in [5.41, 5.74) is 2.35. The van der Waals surface area contributed by atoms with Gasteiger partial charge in [-0.25, -0.2) is 0 Å². The van der Waals surface area contributed by atoms with Gasteiger partial charge >= 0.3 is 0 Å². The maximum absolute atomic E-state index is 5.95. The van der Waals surface area contributed by atoms with Gasteiger partial charge in [0.2, 0.25) is 0 Å². The van der Waals surface area contributed by atoms with Gasteiger partial charge in [0.05, 0.1) is 6.20 Å². The lowest BCUT2D eigenvalue weighted by atomic mass is 10.0. The first kappa shape index (κ1) is 15.0. The van der Waals surface area contributed by atoms with E-state index in [0.29, 0.717) is 6.61 Å². The minimum atomic E-state index is 0.214. The van der Waals surface area contributed by atoms with Crippen molar-refractivity contribution in [2.75, 3.05) is 13.7 Å². The average Bonchev–Trinajstić information content (AvgIpc) is 2.98. The Labute approximate surface area is 124 Å². The number of H-pyrrole nitrogens is 1. The molecule has 0 saturated heterocycles. The van der Waals surface area contributed by atoms with Crippen LogP contribution in [0.1, 0.15) is 36.6 Å². The summed E-state index contributed by atoms with van der Waals surface area (Å²) in [6.45, 7) is 2.83. The third kappa shape index (κ3) is 4.07. The van der Waals surface area contributed by atoms with Crippen LogP contribution in [0.5, 0.6) is 0 Å². The normalized spacial score (nSPS) is 14.2. The van der Waals surface area contributed by atoms with Crippen molar-refractivity contribution in [1.29, 1.82) is 0 Å². The second-order valence-corrected chi connectivity index (χ2v) is 5.24. The first-order valence-corrected chi connectivity index (χ1v) is 7.07. The number of hydrogen-bond donors (Lipinski definition) is 2. The summed E-state index contributed by atoms with van der Waals surface area (Å²) >= 11 is 5.95. The molecule has 2 N–H and O–H groups in total. The fourth-order valence-corrected chi connectivity index (χ4v) is 2.30. The summed E-state index contributed by atoms with van der Waals surface area (Å²) in [6.07, 6.45) is 4.65. The molecule has 0 aliphatic carbocycles. The molecule has 108 valence electrons. The van der Waals surface area contributed by atoms with Crippen LogP contribution in [0.3, 0.4) is 0 Å². The molecule has 0 radical (unpaired) electrons. The smallest absolute Gasteiger partial charge is 0.0534 e. The van der Waals surface area contributed by atoms with Gasteiger partial charge in [0.15, 0.2) is 0 Å². The van der Waals surface area contributed by atoms with Crippen molar-refractivity contribution in [3.63, 3.8) is 0 Å². The molecule has 1 heterocycles. The fourth-order valence-electron chi connectivity index (χ4n) is 2.17. The number of halogens is 1. The van der Waals surface area contributed by atoms with Crippen LogP contribution in [-0.4, -0.2) is 23.9 Å². The predicted octanol–water partition coefficient (Wildman–Crippen LogP) is 3.49. The average molecular weight is 294 g/mol. The standard InChI is InChI=1S/C15H20ClN3O/c1-11(13-9-17-18-10-13)19-15(7-8-20-2)12-3-5-14(16)6-4-12/h3-6,9-11,15,19H,7-8H2,1-2H3,(H,17,18). The molecule has 0 amide bonds. The zero-order valence-corrected chi connectivity index (χ0v) is 12.5. The van der Waals surface area contributed by atoms with Gasteiger partial charge in [-0.3, -0.25) is 5.10 Å². The predicted molar refractivity (Wildman–Crippen MR) is 80.8 cm³/mol. The van der Waals surface area contributed by atoms with Crippen LogP contribution in [0.25, 0.3) is 0 Å². The Morgan fingerprint density at radius 3 is 2.65 bits per heavy atom. The molecule has 0 spiro atoms. The first-order valence-electron chi connectivity index (χ1n) is 6.70. The van der Waals surface area contributed by atoms with Crippen LogP contribution in [0.4, 0.5) is 0 Å². The summed E-state index contributed by atoms with van der Waals surface area (Å²) in [6, 6.07) is 8.38. The van der Waals surface area contributed by atoms with Crippen LogP contribution in [-0.2, 0) is 4.74 Å². The Morgan fingerprint density at radius 2 is 2.05 bits per heavy atom. The summed E-state index contributed by atoms with van der Waals surface area (Å²) in [4.78, 5) is 0. The second-order valence-electron chi connectivity index (χ2n) is 4.81. The van der Waals surface area contributed by atoms with Crippen molar-refractivity contribution in [3.05, 3.63) is 52.8 Å². The van der Waals surface area contributed by atoms with E-state index in [4.69, 9.17) is 16.3 Å². The van der Waals surface area contributed by atoms with Gasteiger partial charge in [-0.1, -0.05) is 23.7 Å². The Bertz CT molecular complexity index is 498. The maximum atomic E-state index is 5.95. The molecular formula is C15H20ClN3O. The number of ether oxygens (including phenoxy) is 1.